The van der Waals surface area contributed by atoms with Crippen molar-refractivity contribution in [3.63, 3.8) is 0 Å². The molecule has 2 unspecified atom stereocenters. The molecule has 0 radical (unpaired) electrons. The molecule has 0 heterocycles. The molecule has 6 heteroatoms. The second kappa shape index (κ2) is 13.5. The van der Waals surface area contributed by atoms with Gasteiger partial charge in [0.05, 0.1) is 0 Å². The molecule has 0 bridgehead atoms. The van der Waals surface area contributed by atoms with Gasteiger partial charge in [-0.25, -0.2) is 0 Å². The van der Waals surface area contributed by atoms with Crippen molar-refractivity contribution in [3.8, 4) is 11.5 Å². The van der Waals surface area contributed by atoms with E-state index in [1.165, 1.54) is 11.1 Å². The minimum absolute atomic E-state index is 0.184. The highest BCUT2D eigenvalue weighted by molar-refractivity contribution is 5.45. The Balaban J connectivity index is 1.32. The Morgan fingerprint density at radius 2 is 0.941 bits per heavy atom. The number of nitrogens with one attached hydrogen (secondary N) is 2. The van der Waals surface area contributed by atoms with Crippen LogP contribution in [0.2, 0.25) is 0 Å². The summed E-state index contributed by atoms with van der Waals surface area (Å²) in [5, 5.41) is 26.8. The van der Waals surface area contributed by atoms with Gasteiger partial charge in [-0.2, -0.15) is 0 Å². The fourth-order valence-electron chi connectivity index (χ4n) is 3.32. The van der Waals surface area contributed by atoms with Crippen molar-refractivity contribution in [1.29, 1.82) is 0 Å². The molecule has 0 amide bonds. The lowest BCUT2D eigenvalue weighted by atomic mass is 10.1. The number of hydrogen-bond acceptors (Lipinski definition) is 6. The maximum Gasteiger partial charge on any atom is 0.119 e. The van der Waals surface area contributed by atoms with Crippen molar-refractivity contribution in [2.75, 3.05) is 36.9 Å². The minimum atomic E-state index is -0.636. The van der Waals surface area contributed by atoms with E-state index in [0.717, 1.165) is 24.2 Å². The van der Waals surface area contributed by atoms with E-state index in [-0.39, 0.29) is 13.2 Å². The maximum atomic E-state index is 10.2. The first kappa shape index (κ1) is 25.4. The predicted molar refractivity (Wildman–Crippen MR) is 138 cm³/mol. The van der Waals surface area contributed by atoms with Crippen LogP contribution in [-0.4, -0.2) is 48.7 Å². The third kappa shape index (κ3) is 8.61. The summed E-state index contributed by atoms with van der Waals surface area (Å²) in [6.45, 7) is 5.42. The Morgan fingerprint density at radius 1 is 0.588 bits per heavy atom. The SMILES string of the molecule is CCc1ccc(NCC(O)COc2ccc(OCC(O)CNc3ccc(CC)cc3)cc2)cc1. The van der Waals surface area contributed by atoms with Crippen LogP contribution in [0.25, 0.3) is 0 Å². The zero-order valence-electron chi connectivity index (χ0n) is 20.0. The van der Waals surface area contributed by atoms with Gasteiger partial charge in [-0.3, -0.25) is 0 Å². The number of ether oxygens (including phenoxy) is 2. The molecular weight excluding hydrogens is 428 g/mol. The lowest BCUT2D eigenvalue weighted by Crippen LogP contribution is -2.26. The molecule has 0 aliphatic heterocycles. The summed E-state index contributed by atoms with van der Waals surface area (Å²) in [7, 11) is 0. The van der Waals surface area contributed by atoms with Crippen LogP contribution >= 0.6 is 0 Å². The molecule has 3 rings (SSSR count). The summed E-state index contributed by atoms with van der Waals surface area (Å²) in [5.74, 6) is 1.30. The van der Waals surface area contributed by atoms with Crippen molar-refractivity contribution in [3.05, 3.63) is 83.9 Å². The van der Waals surface area contributed by atoms with Gasteiger partial charge in [-0.15, -0.1) is 0 Å². The molecule has 4 N–H and O–H groups in total. The molecule has 0 fully saturated rings. The van der Waals surface area contributed by atoms with Crippen molar-refractivity contribution >= 4 is 11.4 Å². The number of hydrogen-bond donors (Lipinski definition) is 4. The Hall–Kier alpha value is -3.22. The molecule has 3 aromatic carbocycles. The van der Waals surface area contributed by atoms with Gasteiger partial charge in [-0.1, -0.05) is 38.1 Å². The van der Waals surface area contributed by atoms with Crippen molar-refractivity contribution in [2.45, 2.75) is 38.9 Å². The largest absolute Gasteiger partial charge is 0.491 e. The van der Waals surface area contributed by atoms with E-state index < -0.39 is 12.2 Å². The third-order valence-corrected chi connectivity index (χ3v) is 5.52. The molecule has 2 atom stereocenters. The Kier molecular flexibility index (Phi) is 10.1. The van der Waals surface area contributed by atoms with Crippen molar-refractivity contribution in [2.24, 2.45) is 0 Å². The van der Waals surface area contributed by atoms with E-state index in [4.69, 9.17) is 9.47 Å². The second-order valence-corrected chi connectivity index (χ2v) is 8.26. The monoisotopic (exact) mass is 464 g/mol. The first-order valence-electron chi connectivity index (χ1n) is 11.9. The van der Waals surface area contributed by atoms with Gasteiger partial charge in [0.15, 0.2) is 0 Å². The van der Waals surface area contributed by atoms with Gasteiger partial charge in [0.2, 0.25) is 0 Å². The Morgan fingerprint density at radius 3 is 1.26 bits per heavy atom. The molecule has 6 nitrogen and oxygen atoms in total. The number of anilines is 2. The van der Waals surface area contributed by atoms with Crippen molar-refractivity contribution < 1.29 is 19.7 Å². The fourth-order valence-corrected chi connectivity index (χ4v) is 3.32. The first-order chi connectivity index (χ1) is 16.6. The predicted octanol–water partition coefficient (Wildman–Crippen LogP) is 4.52. The topological polar surface area (TPSA) is 83.0 Å². The number of aliphatic hydroxyl groups is 2. The average Bonchev–Trinajstić information content (AvgIpc) is 2.89. The standard InChI is InChI=1S/C28H36N2O4/c1-3-21-5-9-23(10-6-21)29-17-25(31)19-33-27-13-15-28(16-14-27)34-20-26(32)18-30-24-11-7-22(4-2)8-12-24/h5-16,25-26,29-32H,3-4,17-20H2,1-2H3. The molecule has 0 aromatic heterocycles. The number of aliphatic hydroxyl groups excluding tert-OH is 2. The average molecular weight is 465 g/mol. The normalized spacial score (nSPS) is 12.6. The number of benzene rings is 3. The van der Waals surface area contributed by atoms with E-state index in [1.807, 2.05) is 24.3 Å². The van der Waals surface area contributed by atoms with E-state index in [0.29, 0.717) is 24.6 Å². The third-order valence-electron chi connectivity index (χ3n) is 5.52. The maximum absolute atomic E-state index is 10.2. The van der Waals surface area contributed by atoms with Gasteiger partial charge < -0.3 is 30.3 Å². The van der Waals surface area contributed by atoms with Gasteiger partial charge >= 0.3 is 0 Å². The lowest BCUT2D eigenvalue weighted by molar-refractivity contribution is 0.115. The zero-order chi connectivity index (χ0) is 24.2. The van der Waals surface area contributed by atoms with Crippen LogP contribution in [0, 0.1) is 0 Å². The van der Waals surface area contributed by atoms with Crippen LogP contribution in [0.1, 0.15) is 25.0 Å². The highest BCUT2D eigenvalue weighted by atomic mass is 16.5. The van der Waals surface area contributed by atoms with E-state index >= 15 is 0 Å². The molecule has 0 aliphatic rings. The summed E-state index contributed by atoms with van der Waals surface area (Å²) in [4.78, 5) is 0. The summed E-state index contributed by atoms with van der Waals surface area (Å²) in [6, 6.07) is 23.5. The van der Waals surface area contributed by atoms with E-state index in [1.54, 1.807) is 24.3 Å². The molecule has 182 valence electrons. The summed E-state index contributed by atoms with van der Waals surface area (Å²) in [6.07, 6.45) is 0.740. The fraction of sp³-hybridized carbons (Fsp3) is 0.357. The van der Waals surface area contributed by atoms with Crippen LogP contribution in [0.15, 0.2) is 72.8 Å². The summed E-state index contributed by atoms with van der Waals surface area (Å²) < 4.78 is 11.3. The molecule has 34 heavy (non-hydrogen) atoms. The summed E-state index contributed by atoms with van der Waals surface area (Å²) in [5.41, 5.74) is 4.52. The van der Waals surface area contributed by atoms with Crippen LogP contribution in [-0.2, 0) is 12.8 Å². The van der Waals surface area contributed by atoms with Gasteiger partial charge in [0.25, 0.3) is 0 Å². The molecule has 0 spiro atoms. The molecule has 0 saturated carbocycles. The molecule has 0 aliphatic carbocycles. The van der Waals surface area contributed by atoms with Crippen LogP contribution in [0.4, 0.5) is 11.4 Å². The lowest BCUT2D eigenvalue weighted by Gasteiger charge is -2.16. The molecular formula is C28H36N2O4. The van der Waals surface area contributed by atoms with Crippen LogP contribution in [0.3, 0.4) is 0 Å². The summed E-state index contributed by atoms with van der Waals surface area (Å²) >= 11 is 0. The highest BCUT2D eigenvalue weighted by Gasteiger charge is 2.08. The van der Waals surface area contributed by atoms with Crippen LogP contribution < -0.4 is 20.1 Å². The van der Waals surface area contributed by atoms with Gasteiger partial charge in [0, 0.05) is 24.5 Å². The highest BCUT2D eigenvalue weighted by Crippen LogP contribution is 2.18. The molecule has 0 saturated heterocycles. The van der Waals surface area contributed by atoms with E-state index in [2.05, 4.69) is 48.7 Å². The quantitative estimate of drug-likeness (QED) is 0.281. The zero-order valence-corrected chi connectivity index (χ0v) is 20.0. The number of aryl methyl sites for hydroxylation is 2. The Labute approximate surface area is 202 Å². The van der Waals surface area contributed by atoms with E-state index in [9.17, 15) is 10.2 Å². The minimum Gasteiger partial charge on any atom is -0.491 e. The number of rotatable bonds is 14. The smallest absolute Gasteiger partial charge is 0.119 e. The van der Waals surface area contributed by atoms with Gasteiger partial charge in [0.1, 0.15) is 36.9 Å². The first-order valence-corrected chi connectivity index (χ1v) is 11.9. The Bertz CT molecular complexity index is 879. The second-order valence-electron chi connectivity index (χ2n) is 8.26. The van der Waals surface area contributed by atoms with Crippen molar-refractivity contribution in [1.82, 2.24) is 0 Å². The molecule has 3 aromatic rings. The van der Waals surface area contributed by atoms with Crippen LogP contribution in [0.5, 0.6) is 11.5 Å². The van der Waals surface area contributed by atoms with Gasteiger partial charge in [-0.05, 0) is 72.5 Å².